The van der Waals surface area contributed by atoms with Gasteiger partial charge in [-0.3, -0.25) is 4.79 Å². The quantitative estimate of drug-likeness (QED) is 0.932. The fourth-order valence-corrected chi connectivity index (χ4v) is 2.49. The third-order valence-corrected chi connectivity index (χ3v) is 3.72. The third kappa shape index (κ3) is 3.00. The lowest BCUT2D eigenvalue weighted by molar-refractivity contribution is -0.126. The number of nitrogens with one attached hydrogen (secondary N) is 1. The Morgan fingerprint density at radius 3 is 2.68 bits per heavy atom. The molecule has 1 fully saturated rings. The smallest absolute Gasteiger partial charge is 0.224 e. The number of nitrogens with zero attached hydrogens (tertiary/aromatic N) is 3. The molecule has 0 aliphatic carbocycles. The summed E-state index contributed by atoms with van der Waals surface area (Å²) in [4.78, 5) is 22.0. The molecule has 0 radical (unpaired) electrons. The first-order chi connectivity index (χ1) is 10.7. The fraction of sp³-hybridized carbons (Fsp3) is 0.312. The normalized spacial score (nSPS) is 17.6. The van der Waals surface area contributed by atoms with Crippen molar-refractivity contribution >= 4 is 11.9 Å². The van der Waals surface area contributed by atoms with Crippen molar-refractivity contribution < 1.29 is 9.53 Å². The van der Waals surface area contributed by atoms with Crippen LogP contribution in [0.3, 0.4) is 0 Å². The summed E-state index contributed by atoms with van der Waals surface area (Å²) < 4.78 is 5.16. The van der Waals surface area contributed by atoms with Crippen LogP contribution in [0.2, 0.25) is 0 Å². The summed E-state index contributed by atoms with van der Waals surface area (Å²) in [7, 11) is 3.44. The number of benzene rings is 1. The molecule has 2 aromatic rings. The number of likely N-dealkylation sites (tertiary alicyclic amines) is 1. The van der Waals surface area contributed by atoms with Crippen molar-refractivity contribution in [3.63, 3.8) is 0 Å². The maximum absolute atomic E-state index is 11.6. The summed E-state index contributed by atoms with van der Waals surface area (Å²) in [6.07, 6.45) is 2.20. The molecule has 1 aromatic carbocycles. The zero-order valence-electron chi connectivity index (χ0n) is 12.6. The summed E-state index contributed by atoms with van der Waals surface area (Å²) in [5, 5.41) is 3.22. The van der Waals surface area contributed by atoms with Gasteiger partial charge in [-0.05, 0) is 30.3 Å². The molecule has 1 unspecified atom stereocenters. The van der Waals surface area contributed by atoms with Crippen molar-refractivity contribution in [2.24, 2.45) is 0 Å². The molecular weight excluding hydrogens is 280 g/mol. The molecular formula is C16H18N4O2. The molecule has 1 saturated heterocycles. The van der Waals surface area contributed by atoms with Crippen LogP contribution in [0.25, 0.3) is 11.3 Å². The van der Waals surface area contributed by atoms with Crippen LogP contribution in [-0.2, 0) is 4.79 Å². The molecule has 6 heteroatoms. The summed E-state index contributed by atoms with van der Waals surface area (Å²) >= 11 is 0. The van der Waals surface area contributed by atoms with Gasteiger partial charge in [0, 0.05) is 31.8 Å². The molecule has 0 spiro atoms. The Hall–Kier alpha value is -2.63. The first kappa shape index (κ1) is 14.3. The Morgan fingerprint density at radius 2 is 2.05 bits per heavy atom. The highest BCUT2D eigenvalue weighted by Gasteiger charge is 2.27. The van der Waals surface area contributed by atoms with Gasteiger partial charge in [0.25, 0.3) is 0 Å². The lowest BCUT2D eigenvalue weighted by Crippen LogP contribution is -2.25. The fourth-order valence-electron chi connectivity index (χ4n) is 2.49. The Bertz CT molecular complexity index is 672. The predicted molar refractivity (Wildman–Crippen MR) is 83.7 cm³/mol. The second-order valence-corrected chi connectivity index (χ2v) is 5.31. The van der Waals surface area contributed by atoms with Gasteiger partial charge in [-0.25, -0.2) is 9.97 Å². The van der Waals surface area contributed by atoms with E-state index in [9.17, 15) is 4.79 Å². The molecule has 1 atom stereocenters. The number of carbonyl (C=O) groups is 1. The minimum atomic E-state index is 0.0589. The molecule has 3 rings (SSSR count). The molecule has 6 nitrogen and oxygen atoms in total. The van der Waals surface area contributed by atoms with Crippen LogP contribution in [0.15, 0.2) is 36.5 Å². The Labute approximate surface area is 129 Å². The number of methoxy groups -OCH3 is 1. The molecule has 1 N–H and O–H groups in total. The Morgan fingerprint density at radius 1 is 1.27 bits per heavy atom. The number of anilines is 1. The molecule has 114 valence electrons. The number of aromatic nitrogens is 2. The molecule has 1 aliphatic rings. The zero-order chi connectivity index (χ0) is 15.5. The van der Waals surface area contributed by atoms with E-state index in [4.69, 9.17) is 4.74 Å². The first-order valence-electron chi connectivity index (χ1n) is 7.13. The van der Waals surface area contributed by atoms with E-state index >= 15 is 0 Å². The van der Waals surface area contributed by atoms with Gasteiger partial charge in [-0.1, -0.05) is 0 Å². The molecule has 0 saturated carbocycles. The standard InChI is InChI=1S/C16H18N4O2/c1-20-10-12(9-15(20)21)18-16-17-8-7-14(19-16)11-3-5-13(22-2)6-4-11/h3-8,12H,9-10H2,1-2H3,(H,17,18,19). The van der Waals surface area contributed by atoms with Crippen molar-refractivity contribution in [2.75, 3.05) is 26.0 Å². The molecule has 1 amide bonds. The number of carbonyl (C=O) groups excluding carboxylic acids is 1. The predicted octanol–water partition coefficient (Wildman–Crippen LogP) is 1.79. The van der Waals surface area contributed by atoms with Crippen LogP contribution in [0.1, 0.15) is 6.42 Å². The van der Waals surface area contributed by atoms with Crippen LogP contribution >= 0.6 is 0 Å². The minimum absolute atomic E-state index is 0.0589. The van der Waals surface area contributed by atoms with Crippen molar-refractivity contribution in [3.8, 4) is 17.0 Å². The zero-order valence-corrected chi connectivity index (χ0v) is 12.6. The van der Waals surface area contributed by atoms with Crippen molar-refractivity contribution in [1.82, 2.24) is 14.9 Å². The Balaban J connectivity index is 1.76. The molecule has 2 heterocycles. The summed E-state index contributed by atoms with van der Waals surface area (Å²) in [5.74, 6) is 1.49. The SMILES string of the molecule is COc1ccc(-c2ccnc(NC3CC(=O)N(C)C3)n2)cc1. The van der Waals surface area contributed by atoms with E-state index in [0.717, 1.165) is 17.0 Å². The number of rotatable bonds is 4. The number of amides is 1. The van der Waals surface area contributed by atoms with Gasteiger partial charge in [0.05, 0.1) is 18.8 Å². The Kier molecular flexibility index (Phi) is 3.91. The third-order valence-electron chi connectivity index (χ3n) is 3.72. The molecule has 1 aliphatic heterocycles. The lowest BCUT2D eigenvalue weighted by atomic mass is 10.1. The second-order valence-electron chi connectivity index (χ2n) is 5.31. The van der Waals surface area contributed by atoms with Gasteiger partial charge in [-0.15, -0.1) is 0 Å². The number of hydrogen-bond donors (Lipinski definition) is 1. The maximum Gasteiger partial charge on any atom is 0.224 e. The van der Waals surface area contributed by atoms with Crippen molar-refractivity contribution in [3.05, 3.63) is 36.5 Å². The average Bonchev–Trinajstić information content (AvgIpc) is 2.85. The van der Waals surface area contributed by atoms with E-state index in [0.29, 0.717) is 18.9 Å². The molecule has 0 bridgehead atoms. The van der Waals surface area contributed by atoms with Crippen LogP contribution in [-0.4, -0.2) is 47.5 Å². The van der Waals surface area contributed by atoms with E-state index in [1.165, 1.54) is 0 Å². The highest BCUT2D eigenvalue weighted by molar-refractivity contribution is 5.79. The highest BCUT2D eigenvalue weighted by atomic mass is 16.5. The minimum Gasteiger partial charge on any atom is -0.497 e. The van der Waals surface area contributed by atoms with E-state index < -0.39 is 0 Å². The summed E-state index contributed by atoms with van der Waals surface area (Å²) in [5.41, 5.74) is 1.82. The van der Waals surface area contributed by atoms with Gasteiger partial charge in [0.15, 0.2) is 0 Å². The topological polar surface area (TPSA) is 67.3 Å². The maximum atomic E-state index is 11.6. The van der Waals surface area contributed by atoms with Gasteiger partial charge < -0.3 is 15.0 Å². The van der Waals surface area contributed by atoms with Crippen LogP contribution < -0.4 is 10.1 Å². The monoisotopic (exact) mass is 298 g/mol. The van der Waals surface area contributed by atoms with Crippen LogP contribution in [0.5, 0.6) is 5.75 Å². The highest BCUT2D eigenvalue weighted by Crippen LogP contribution is 2.21. The van der Waals surface area contributed by atoms with Crippen molar-refractivity contribution in [2.45, 2.75) is 12.5 Å². The van der Waals surface area contributed by atoms with E-state index in [2.05, 4.69) is 15.3 Å². The number of hydrogen-bond acceptors (Lipinski definition) is 5. The lowest BCUT2D eigenvalue weighted by Gasteiger charge is -2.12. The average molecular weight is 298 g/mol. The number of likely N-dealkylation sites (N-methyl/N-ethyl adjacent to an activating group) is 1. The van der Waals surface area contributed by atoms with E-state index in [1.807, 2.05) is 30.3 Å². The van der Waals surface area contributed by atoms with Crippen LogP contribution in [0.4, 0.5) is 5.95 Å². The van der Waals surface area contributed by atoms with E-state index in [-0.39, 0.29) is 11.9 Å². The van der Waals surface area contributed by atoms with E-state index in [1.54, 1.807) is 25.3 Å². The number of ether oxygens (including phenoxy) is 1. The van der Waals surface area contributed by atoms with Gasteiger partial charge in [-0.2, -0.15) is 0 Å². The van der Waals surface area contributed by atoms with Crippen LogP contribution in [0, 0.1) is 0 Å². The van der Waals surface area contributed by atoms with Gasteiger partial charge in [0.2, 0.25) is 11.9 Å². The largest absolute Gasteiger partial charge is 0.497 e. The van der Waals surface area contributed by atoms with Gasteiger partial charge in [0.1, 0.15) is 5.75 Å². The van der Waals surface area contributed by atoms with Gasteiger partial charge >= 0.3 is 0 Å². The summed E-state index contributed by atoms with van der Waals surface area (Å²) in [6, 6.07) is 9.63. The summed E-state index contributed by atoms with van der Waals surface area (Å²) in [6.45, 7) is 0.676. The second kappa shape index (κ2) is 6.01. The molecule has 22 heavy (non-hydrogen) atoms. The molecule has 1 aromatic heterocycles. The first-order valence-corrected chi connectivity index (χ1v) is 7.13. The van der Waals surface area contributed by atoms with Crippen molar-refractivity contribution in [1.29, 1.82) is 0 Å².